The lowest BCUT2D eigenvalue weighted by molar-refractivity contribution is 0.269. The van der Waals surface area contributed by atoms with Gasteiger partial charge in [0.1, 0.15) is 9.34 Å². The molecule has 0 saturated carbocycles. The number of rotatable bonds is 7. The molecule has 1 rings (SSSR count). The van der Waals surface area contributed by atoms with Crippen molar-refractivity contribution in [3.05, 3.63) is 15.5 Å². The monoisotopic (exact) mass is 261 g/mol. The second-order valence-electron chi connectivity index (χ2n) is 4.16. The standard InChI is InChI=1S/C11H20ClN3S/c1-9(2)15(3)6-4-5-13-8-11-14-7-10(12)16-11/h7,9,13H,4-6,8H2,1-3H3. The molecular formula is C11H20ClN3S. The average molecular weight is 262 g/mol. The Morgan fingerprint density at radius 3 is 2.88 bits per heavy atom. The third-order valence-electron chi connectivity index (χ3n) is 2.55. The molecule has 1 heterocycles. The topological polar surface area (TPSA) is 28.2 Å². The molecule has 0 saturated heterocycles. The third-order valence-corrected chi connectivity index (χ3v) is 3.66. The van der Waals surface area contributed by atoms with Crippen LogP contribution in [0.15, 0.2) is 6.20 Å². The highest BCUT2D eigenvalue weighted by Crippen LogP contribution is 2.17. The Balaban J connectivity index is 2.04. The molecule has 0 aromatic carbocycles. The van der Waals surface area contributed by atoms with Crippen molar-refractivity contribution in [2.75, 3.05) is 20.1 Å². The van der Waals surface area contributed by atoms with Crippen molar-refractivity contribution in [1.29, 1.82) is 0 Å². The first-order chi connectivity index (χ1) is 7.59. The van der Waals surface area contributed by atoms with Crippen molar-refractivity contribution in [3.8, 4) is 0 Å². The van der Waals surface area contributed by atoms with Crippen LogP contribution in [-0.2, 0) is 6.54 Å². The van der Waals surface area contributed by atoms with Gasteiger partial charge in [-0.2, -0.15) is 0 Å². The zero-order valence-corrected chi connectivity index (χ0v) is 11.7. The molecule has 0 spiro atoms. The van der Waals surface area contributed by atoms with Gasteiger partial charge >= 0.3 is 0 Å². The molecule has 0 aliphatic rings. The van der Waals surface area contributed by atoms with E-state index in [1.165, 1.54) is 11.3 Å². The first-order valence-corrected chi connectivity index (χ1v) is 6.80. The summed E-state index contributed by atoms with van der Waals surface area (Å²) in [5.41, 5.74) is 0. The van der Waals surface area contributed by atoms with Crippen molar-refractivity contribution >= 4 is 22.9 Å². The van der Waals surface area contributed by atoms with E-state index >= 15 is 0 Å². The van der Waals surface area contributed by atoms with Gasteiger partial charge in [-0.25, -0.2) is 4.98 Å². The third kappa shape index (κ3) is 5.25. The van der Waals surface area contributed by atoms with Crippen LogP contribution in [0.1, 0.15) is 25.3 Å². The second kappa shape index (κ2) is 7.22. The van der Waals surface area contributed by atoms with Crippen molar-refractivity contribution in [3.63, 3.8) is 0 Å². The van der Waals surface area contributed by atoms with Gasteiger partial charge < -0.3 is 10.2 Å². The van der Waals surface area contributed by atoms with E-state index in [4.69, 9.17) is 11.6 Å². The zero-order valence-electron chi connectivity index (χ0n) is 10.2. The van der Waals surface area contributed by atoms with Gasteiger partial charge in [0.25, 0.3) is 0 Å². The number of nitrogens with zero attached hydrogens (tertiary/aromatic N) is 2. The van der Waals surface area contributed by atoms with E-state index in [0.717, 1.165) is 35.4 Å². The molecule has 0 radical (unpaired) electrons. The molecule has 0 amide bonds. The van der Waals surface area contributed by atoms with Crippen LogP contribution in [0, 0.1) is 0 Å². The van der Waals surface area contributed by atoms with Crippen molar-refractivity contribution in [2.24, 2.45) is 0 Å². The molecule has 1 N–H and O–H groups in total. The molecule has 0 aliphatic carbocycles. The van der Waals surface area contributed by atoms with Gasteiger partial charge in [0.15, 0.2) is 0 Å². The Labute approximate surface area is 107 Å². The SMILES string of the molecule is CC(C)N(C)CCCNCc1ncc(Cl)s1. The minimum atomic E-state index is 0.623. The summed E-state index contributed by atoms with van der Waals surface area (Å²) in [4.78, 5) is 6.54. The normalized spacial score (nSPS) is 11.6. The molecule has 1 aromatic heterocycles. The number of thiazole rings is 1. The van der Waals surface area contributed by atoms with Crippen molar-refractivity contribution in [2.45, 2.75) is 32.9 Å². The first-order valence-electron chi connectivity index (χ1n) is 5.60. The molecule has 3 nitrogen and oxygen atoms in total. The fourth-order valence-corrected chi connectivity index (χ4v) is 2.20. The molecule has 16 heavy (non-hydrogen) atoms. The molecule has 0 bridgehead atoms. The molecule has 0 unspecified atom stereocenters. The molecule has 1 aromatic rings. The van der Waals surface area contributed by atoms with Crippen LogP contribution in [-0.4, -0.2) is 36.1 Å². The van der Waals surface area contributed by atoms with Crippen molar-refractivity contribution < 1.29 is 0 Å². The highest BCUT2D eigenvalue weighted by atomic mass is 35.5. The van der Waals surface area contributed by atoms with E-state index in [1.807, 2.05) is 0 Å². The molecule has 5 heteroatoms. The maximum atomic E-state index is 5.80. The number of halogens is 1. The van der Waals surface area contributed by atoms with E-state index in [1.54, 1.807) is 6.20 Å². The summed E-state index contributed by atoms with van der Waals surface area (Å²) in [6, 6.07) is 0.623. The van der Waals surface area contributed by atoms with Gasteiger partial charge in [-0.3, -0.25) is 0 Å². The summed E-state index contributed by atoms with van der Waals surface area (Å²) in [6.07, 6.45) is 2.86. The highest BCUT2D eigenvalue weighted by Gasteiger charge is 2.02. The maximum absolute atomic E-state index is 5.80. The Hall–Kier alpha value is -0.160. The van der Waals surface area contributed by atoms with Crippen LogP contribution in [0.3, 0.4) is 0 Å². The summed E-state index contributed by atoms with van der Waals surface area (Å²) in [6.45, 7) is 7.40. The van der Waals surface area contributed by atoms with E-state index in [0.29, 0.717) is 6.04 Å². The first kappa shape index (κ1) is 13.9. The van der Waals surface area contributed by atoms with Crippen LogP contribution in [0.4, 0.5) is 0 Å². The fourth-order valence-electron chi connectivity index (χ4n) is 1.28. The number of nitrogens with one attached hydrogen (secondary N) is 1. The Morgan fingerprint density at radius 2 is 2.31 bits per heavy atom. The van der Waals surface area contributed by atoms with E-state index in [-0.39, 0.29) is 0 Å². The van der Waals surface area contributed by atoms with Crippen LogP contribution in [0.2, 0.25) is 4.34 Å². The number of hydrogen-bond donors (Lipinski definition) is 1. The minimum absolute atomic E-state index is 0.623. The lowest BCUT2D eigenvalue weighted by Gasteiger charge is -2.20. The van der Waals surface area contributed by atoms with Gasteiger partial charge in [0, 0.05) is 12.6 Å². The molecule has 0 fully saturated rings. The smallest absolute Gasteiger partial charge is 0.113 e. The Kier molecular flexibility index (Phi) is 6.28. The highest BCUT2D eigenvalue weighted by molar-refractivity contribution is 7.15. The van der Waals surface area contributed by atoms with Crippen LogP contribution in [0.25, 0.3) is 0 Å². The number of aromatic nitrogens is 1. The summed E-state index contributed by atoms with van der Waals surface area (Å²) < 4.78 is 0.761. The van der Waals surface area contributed by atoms with Gasteiger partial charge in [-0.1, -0.05) is 11.6 Å². The quantitative estimate of drug-likeness (QED) is 0.765. The van der Waals surface area contributed by atoms with E-state index in [9.17, 15) is 0 Å². The Morgan fingerprint density at radius 1 is 1.56 bits per heavy atom. The van der Waals surface area contributed by atoms with Gasteiger partial charge in [0.05, 0.1) is 6.20 Å². The maximum Gasteiger partial charge on any atom is 0.113 e. The molecule has 0 atom stereocenters. The average Bonchev–Trinajstić information content (AvgIpc) is 2.63. The fraction of sp³-hybridized carbons (Fsp3) is 0.727. The molecular weight excluding hydrogens is 242 g/mol. The lowest BCUT2D eigenvalue weighted by Crippen LogP contribution is -2.29. The van der Waals surface area contributed by atoms with Crippen LogP contribution < -0.4 is 5.32 Å². The minimum Gasteiger partial charge on any atom is -0.310 e. The van der Waals surface area contributed by atoms with E-state index < -0.39 is 0 Å². The zero-order chi connectivity index (χ0) is 12.0. The summed E-state index contributed by atoms with van der Waals surface area (Å²) in [5.74, 6) is 0. The second-order valence-corrected chi connectivity index (χ2v) is 5.91. The van der Waals surface area contributed by atoms with Gasteiger partial charge in [-0.05, 0) is 40.4 Å². The molecule has 92 valence electrons. The van der Waals surface area contributed by atoms with Crippen LogP contribution in [0.5, 0.6) is 0 Å². The predicted molar refractivity (Wildman–Crippen MR) is 71.2 cm³/mol. The van der Waals surface area contributed by atoms with Crippen LogP contribution >= 0.6 is 22.9 Å². The van der Waals surface area contributed by atoms with Crippen molar-refractivity contribution in [1.82, 2.24) is 15.2 Å². The van der Waals surface area contributed by atoms with Gasteiger partial charge in [-0.15, -0.1) is 11.3 Å². The number of hydrogen-bond acceptors (Lipinski definition) is 4. The predicted octanol–water partition coefficient (Wildman–Crippen LogP) is 2.62. The molecule has 0 aliphatic heterocycles. The van der Waals surface area contributed by atoms with Gasteiger partial charge in [0.2, 0.25) is 0 Å². The summed E-state index contributed by atoms with van der Waals surface area (Å²) in [5, 5.41) is 4.43. The summed E-state index contributed by atoms with van der Waals surface area (Å²) >= 11 is 7.34. The summed E-state index contributed by atoms with van der Waals surface area (Å²) in [7, 11) is 2.16. The lowest BCUT2D eigenvalue weighted by atomic mass is 10.3. The van der Waals surface area contributed by atoms with E-state index in [2.05, 4.69) is 36.1 Å². The Bertz CT molecular complexity index is 301. The largest absolute Gasteiger partial charge is 0.310 e.